The predicted molar refractivity (Wildman–Crippen MR) is 130 cm³/mol. The molecule has 3 nitrogen and oxygen atoms in total. The van der Waals surface area contributed by atoms with Crippen molar-refractivity contribution >= 4 is 11.3 Å². The first-order chi connectivity index (χ1) is 15.0. The van der Waals surface area contributed by atoms with E-state index in [4.69, 9.17) is 9.47 Å². The van der Waals surface area contributed by atoms with Crippen LogP contribution in [-0.2, 0) is 4.74 Å². The average Bonchev–Trinajstić information content (AvgIpc) is 2.78. The van der Waals surface area contributed by atoms with Gasteiger partial charge in [-0.25, -0.2) is 0 Å². The number of fused-ring (bicyclic) bond motifs is 1. The fraction of sp³-hybridized carbons (Fsp3) is 0.286. The number of rotatable bonds is 7. The molecule has 160 valence electrons. The van der Waals surface area contributed by atoms with E-state index in [2.05, 4.69) is 80.7 Å². The van der Waals surface area contributed by atoms with Gasteiger partial charge in [-0.15, -0.1) is 0 Å². The maximum Gasteiger partial charge on any atom is 0.126 e. The normalized spacial score (nSPS) is 15.4. The van der Waals surface area contributed by atoms with E-state index in [1.54, 1.807) is 7.11 Å². The molecule has 0 saturated heterocycles. The summed E-state index contributed by atoms with van der Waals surface area (Å²) in [6.45, 7) is 7.20. The minimum absolute atomic E-state index is 0.0795. The van der Waals surface area contributed by atoms with Crippen molar-refractivity contribution in [3.63, 3.8) is 0 Å². The molecule has 4 rings (SSSR count). The van der Waals surface area contributed by atoms with Crippen molar-refractivity contribution in [1.29, 1.82) is 0 Å². The molecule has 0 aliphatic carbocycles. The van der Waals surface area contributed by atoms with Crippen molar-refractivity contribution in [3.05, 3.63) is 90.0 Å². The summed E-state index contributed by atoms with van der Waals surface area (Å²) < 4.78 is 11.8. The van der Waals surface area contributed by atoms with Gasteiger partial charge in [0.2, 0.25) is 0 Å². The molecule has 1 aliphatic heterocycles. The Morgan fingerprint density at radius 1 is 0.903 bits per heavy atom. The van der Waals surface area contributed by atoms with Gasteiger partial charge in [0, 0.05) is 16.8 Å². The third-order valence-electron chi connectivity index (χ3n) is 5.78. The van der Waals surface area contributed by atoms with Crippen molar-refractivity contribution in [3.8, 4) is 16.9 Å². The van der Waals surface area contributed by atoms with Gasteiger partial charge in [0.1, 0.15) is 5.75 Å². The van der Waals surface area contributed by atoms with Crippen LogP contribution in [0.4, 0.5) is 5.69 Å². The lowest BCUT2D eigenvalue weighted by atomic mass is 9.87. The summed E-state index contributed by atoms with van der Waals surface area (Å²) in [6, 6.07) is 25.2. The van der Waals surface area contributed by atoms with Crippen LogP contribution in [0.5, 0.6) is 5.75 Å². The lowest BCUT2D eigenvalue weighted by Gasteiger charge is -2.33. The van der Waals surface area contributed by atoms with Gasteiger partial charge in [-0.05, 0) is 62.1 Å². The Hall–Kier alpha value is -3.04. The Morgan fingerprint density at radius 2 is 1.65 bits per heavy atom. The first-order valence-electron chi connectivity index (χ1n) is 10.9. The van der Waals surface area contributed by atoms with Gasteiger partial charge in [-0.2, -0.15) is 0 Å². The molecule has 0 fully saturated rings. The number of para-hydroxylation sites is 1. The Bertz CT molecular complexity index is 1070. The summed E-state index contributed by atoms with van der Waals surface area (Å²) in [5.41, 5.74) is 7.08. The Morgan fingerprint density at radius 3 is 2.42 bits per heavy atom. The van der Waals surface area contributed by atoms with E-state index in [-0.39, 0.29) is 11.6 Å². The van der Waals surface area contributed by atoms with E-state index in [0.29, 0.717) is 6.61 Å². The fourth-order valence-electron chi connectivity index (χ4n) is 4.24. The first kappa shape index (κ1) is 21.2. The van der Waals surface area contributed by atoms with Crippen LogP contribution in [0.25, 0.3) is 16.7 Å². The molecule has 0 amide bonds. The maximum absolute atomic E-state index is 6.18. The molecule has 0 radical (unpaired) electrons. The van der Waals surface area contributed by atoms with Gasteiger partial charge in [0.05, 0.1) is 25.4 Å². The van der Waals surface area contributed by atoms with E-state index in [0.717, 1.165) is 29.0 Å². The van der Waals surface area contributed by atoms with Gasteiger partial charge in [-0.3, -0.25) is 0 Å². The largest absolute Gasteiger partial charge is 0.496 e. The maximum atomic E-state index is 6.18. The van der Waals surface area contributed by atoms with Crippen molar-refractivity contribution in [1.82, 2.24) is 0 Å². The molecular weight excluding hydrogens is 382 g/mol. The molecule has 0 bridgehead atoms. The minimum atomic E-state index is -0.0979. The van der Waals surface area contributed by atoms with Crippen LogP contribution in [0.15, 0.2) is 78.9 Å². The van der Waals surface area contributed by atoms with Crippen LogP contribution in [-0.4, -0.2) is 19.3 Å². The summed E-state index contributed by atoms with van der Waals surface area (Å²) in [4.78, 5) is 0. The Kier molecular flexibility index (Phi) is 6.15. The van der Waals surface area contributed by atoms with Crippen LogP contribution in [0, 0.1) is 0 Å². The highest BCUT2D eigenvalue weighted by atomic mass is 16.5. The lowest BCUT2D eigenvalue weighted by molar-refractivity contribution is 0.0702. The standard InChI is InChI=1S/C28H31NO2/c1-20(21-10-6-5-7-11-21)31-17-16-23-19-28(2,3)29-26-15-14-22(18-25(23)26)24-12-8-9-13-27(24)30-4/h5-15,18-20,29H,16-17H2,1-4H3. The van der Waals surface area contributed by atoms with Gasteiger partial charge >= 0.3 is 0 Å². The van der Waals surface area contributed by atoms with E-state index in [9.17, 15) is 0 Å². The molecular formula is C28H31NO2. The topological polar surface area (TPSA) is 30.5 Å². The third-order valence-corrected chi connectivity index (χ3v) is 5.78. The molecule has 1 unspecified atom stereocenters. The predicted octanol–water partition coefficient (Wildman–Crippen LogP) is 7.12. The molecule has 1 aliphatic rings. The summed E-state index contributed by atoms with van der Waals surface area (Å²) in [6.07, 6.45) is 3.28. The molecule has 3 aromatic carbocycles. The number of ether oxygens (including phenoxy) is 2. The highest BCUT2D eigenvalue weighted by Gasteiger charge is 2.25. The highest BCUT2D eigenvalue weighted by molar-refractivity contribution is 5.85. The molecule has 3 aromatic rings. The van der Waals surface area contributed by atoms with Crippen molar-refractivity contribution in [2.45, 2.75) is 38.8 Å². The number of nitrogens with one attached hydrogen (secondary N) is 1. The molecule has 1 heterocycles. The fourth-order valence-corrected chi connectivity index (χ4v) is 4.24. The smallest absolute Gasteiger partial charge is 0.126 e. The number of hydrogen-bond acceptors (Lipinski definition) is 3. The van der Waals surface area contributed by atoms with Gasteiger partial charge in [0.25, 0.3) is 0 Å². The average molecular weight is 414 g/mol. The molecule has 31 heavy (non-hydrogen) atoms. The Balaban J connectivity index is 1.57. The van der Waals surface area contributed by atoms with Crippen LogP contribution >= 0.6 is 0 Å². The number of benzene rings is 3. The molecule has 0 spiro atoms. The quantitative estimate of drug-likeness (QED) is 0.447. The number of methoxy groups -OCH3 is 1. The van der Waals surface area contributed by atoms with Crippen LogP contribution in [0.2, 0.25) is 0 Å². The highest BCUT2D eigenvalue weighted by Crippen LogP contribution is 2.39. The molecule has 0 aromatic heterocycles. The van der Waals surface area contributed by atoms with Crippen molar-refractivity contribution in [2.24, 2.45) is 0 Å². The van der Waals surface area contributed by atoms with E-state index in [1.165, 1.54) is 16.7 Å². The summed E-state index contributed by atoms with van der Waals surface area (Å²) >= 11 is 0. The zero-order valence-electron chi connectivity index (χ0n) is 18.8. The van der Waals surface area contributed by atoms with Crippen LogP contribution < -0.4 is 10.1 Å². The number of hydrogen-bond donors (Lipinski definition) is 1. The van der Waals surface area contributed by atoms with Crippen LogP contribution in [0.1, 0.15) is 44.4 Å². The zero-order chi connectivity index (χ0) is 21.8. The van der Waals surface area contributed by atoms with E-state index >= 15 is 0 Å². The van der Waals surface area contributed by atoms with Crippen molar-refractivity contribution < 1.29 is 9.47 Å². The summed E-state index contributed by atoms with van der Waals surface area (Å²) in [5, 5.41) is 3.65. The third kappa shape index (κ3) is 4.83. The summed E-state index contributed by atoms with van der Waals surface area (Å²) in [7, 11) is 1.72. The second-order valence-corrected chi connectivity index (χ2v) is 8.65. The second-order valence-electron chi connectivity index (χ2n) is 8.65. The Labute approximate surface area is 185 Å². The molecule has 3 heteroatoms. The number of anilines is 1. The molecule has 1 N–H and O–H groups in total. The monoisotopic (exact) mass is 413 g/mol. The molecule has 0 saturated carbocycles. The summed E-state index contributed by atoms with van der Waals surface area (Å²) in [5.74, 6) is 0.886. The zero-order valence-corrected chi connectivity index (χ0v) is 18.8. The molecule has 1 atom stereocenters. The SMILES string of the molecule is COc1ccccc1-c1ccc2c(c1)C(CCOC(C)c1ccccc1)=CC(C)(C)N2. The van der Waals surface area contributed by atoms with Crippen molar-refractivity contribution in [2.75, 3.05) is 19.0 Å². The van der Waals surface area contributed by atoms with E-state index < -0.39 is 0 Å². The minimum Gasteiger partial charge on any atom is -0.496 e. The van der Waals surface area contributed by atoms with Gasteiger partial charge in [-0.1, -0.05) is 60.7 Å². The second kappa shape index (κ2) is 8.99. The van der Waals surface area contributed by atoms with Gasteiger partial charge < -0.3 is 14.8 Å². The van der Waals surface area contributed by atoms with Crippen LogP contribution in [0.3, 0.4) is 0 Å². The first-order valence-corrected chi connectivity index (χ1v) is 10.9. The van der Waals surface area contributed by atoms with Gasteiger partial charge in [0.15, 0.2) is 0 Å². The van der Waals surface area contributed by atoms with E-state index in [1.807, 2.05) is 24.3 Å². The lowest BCUT2D eigenvalue weighted by Crippen LogP contribution is -2.32.